The van der Waals surface area contributed by atoms with Gasteiger partial charge in [-0.3, -0.25) is 0 Å². The average molecular weight is 176 g/mol. The van der Waals surface area contributed by atoms with Gasteiger partial charge >= 0.3 is 0 Å². The van der Waals surface area contributed by atoms with Crippen molar-refractivity contribution in [1.29, 1.82) is 0 Å². The molecule has 0 amide bonds. The minimum Gasteiger partial charge on any atom is -0.0879 e. The van der Waals surface area contributed by atoms with Crippen LogP contribution in [0.1, 0.15) is 39.5 Å². The van der Waals surface area contributed by atoms with Gasteiger partial charge in [0.15, 0.2) is 0 Å². The maximum absolute atomic E-state index is 2.43. The smallest absolute Gasteiger partial charge is 0.000570 e. The van der Waals surface area contributed by atoms with E-state index in [4.69, 9.17) is 0 Å². The van der Waals surface area contributed by atoms with E-state index in [1.807, 2.05) is 0 Å². The first-order chi connectivity index (χ1) is 6.26. The molecule has 72 valence electrons. The topological polar surface area (TPSA) is 0 Å². The van der Waals surface area contributed by atoms with E-state index in [0.717, 1.165) is 11.8 Å². The molecule has 2 aliphatic rings. The molecule has 0 N–H and O–H groups in total. The van der Waals surface area contributed by atoms with Gasteiger partial charge in [-0.25, -0.2) is 0 Å². The fourth-order valence-corrected chi connectivity index (χ4v) is 3.06. The Labute approximate surface area is 81.7 Å². The zero-order valence-corrected chi connectivity index (χ0v) is 8.79. The van der Waals surface area contributed by atoms with Crippen molar-refractivity contribution in [2.24, 2.45) is 17.3 Å². The van der Waals surface area contributed by atoms with Crippen molar-refractivity contribution >= 4 is 0 Å². The number of hydrogen-bond donors (Lipinski definition) is 0. The standard InChI is InChI=1S/C13H20/c1-11(2)13-9-5-3-7-12(13)8-4-6-10-13/h3-4,7-8,11-12H,5-6,9-10H2,1-2H3. The van der Waals surface area contributed by atoms with E-state index in [2.05, 4.69) is 38.2 Å². The Morgan fingerprint density at radius 2 is 1.62 bits per heavy atom. The molecule has 0 fully saturated rings. The average Bonchev–Trinajstić information content (AvgIpc) is 2.17. The summed E-state index contributed by atoms with van der Waals surface area (Å²) < 4.78 is 0. The summed E-state index contributed by atoms with van der Waals surface area (Å²) in [6, 6.07) is 0. The first-order valence-electron chi connectivity index (χ1n) is 5.59. The Bertz CT molecular complexity index is 214. The maximum atomic E-state index is 2.43. The van der Waals surface area contributed by atoms with Gasteiger partial charge in [-0.15, -0.1) is 0 Å². The van der Waals surface area contributed by atoms with Gasteiger partial charge in [0.25, 0.3) is 0 Å². The van der Waals surface area contributed by atoms with Crippen LogP contribution in [-0.4, -0.2) is 0 Å². The van der Waals surface area contributed by atoms with Gasteiger partial charge in [0.1, 0.15) is 0 Å². The van der Waals surface area contributed by atoms with E-state index in [0.29, 0.717) is 5.41 Å². The molecule has 0 heterocycles. The van der Waals surface area contributed by atoms with E-state index in [1.54, 1.807) is 0 Å². The molecule has 0 saturated carbocycles. The van der Waals surface area contributed by atoms with Crippen LogP contribution in [0.3, 0.4) is 0 Å². The Hall–Kier alpha value is -0.520. The fraction of sp³-hybridized carbons (Fsp3) is 0.692. The van der Waals surface area contributed by atoms with E-state index in [-0.39, 0.29) is 0 Å². The predicted molar refractivity (Wildman–Crippen MR) is 57.5 cm³/mol. The molecule has 0 aliphatic heterocycles. The normalized spacial score (nSPS) is 37.9. The number of fused-ring (bicyclic) bond motifs is 1. The van der Waals surface area contributed by atoms with Gasteiger partial charge in [0.2, 0.25) is 0 Å². The summed E-state index contributed by atoms with van der Waals surface area (Å²) in [6.07, 6.45) is 15.0. The van der Waals surface area contributed by atoms with Crippen molar-refractivity contribution in [3.63, 3.8) is 0 Å². The summed E-state index contributed by atoms with van der Waals surface area (Å²) in [7, 11) is 0. The molecule has 0 nitrogen and oxygen atoms in total. The van der Waals surface area contributed by atoms with E-state index < -0.39 is 0 Å². The van der Waals surface area contributed by atoms with Gasteiger partial charge in [0, 0.05) is 5.92 Å². The van der Waals surface area contributed by atoms with Crippen molar-refractivity contribution < 1.29 is 0 Å². The monoisotopic (exact) mass is 176 g/mol. The van der Waals surface area contributed by atoms with Gasteiger partial charge < -0.3 is 0 Å². The summed E-state index contributed by atoms with van der Waals surface area (Å²) in [5, 5.41) is 0. The van der Waals surface area contributed by atoms with Crippen LogP contribution in [0.5, 0.6) is 0 Å². The number of rotatable bonds is 1. The predicted octanol–water partition coefficient (Wildman–Crippen LogP) is 3.95. The van der Waals surface area contributed by atoms with Gasteiger partial charge in [-0.1, -0.05) is 38.2 Å². The molecule has 0 spiro atoms. The molecular weight excluding hydrogens is 156 g/mol. The quantitative estimate of drug-likeness (QED) is 0.531. The van der Waals surface area contributed by atoms with Gasteiger partial charge in [-0.05, 0) is 37.0 Å². The second-order valence-electron chi connectivity index (χ2n) is 4.85. The van der Waals surface area contributed by atoms with Crippen molar-refractivity contribution in [3.8, 4) is 0 Å². The highest BCUT2D eigenvalue weighted by atomic mass is 14.4. The lowest BCUT2D eigenvalue weighted by molar-refractivity contribution is 0.104. The van der Waals surface area contributed by atoms with Crippen molar-refractivity contribution in [3.05, 3.63) is 24.3 Å². The Kier molecular flexibility index (Phi) is 2.31. The third-order valence-corrected chi connectivity index (χ3v) is 4.05. The highest BCUT2D eigenvalue weighted by molar-refractivity contribution is 5.16. The Balaban J connectivity index is 2.32. The molecule has 0 radical (unpaired) electrons. The van der Waals surface area contributed by atoms with Gasteiger partial charge in [0.05, 0.1) is 0 Å². The minimum absolute atomic E-state index is 0.601. The molecule has 0 unspecified atom stereocenters. The van der Waals surface area contributed by atoms with E-state index in [1.165, 1.54) is 25.7 Å². The summed E-state index contributed by atoms with van der Waals surface area (Å²) in [6.45, 7) is 4.79. The largest absolute Gasteiger partial charge is 0.0879 e. The van der Waals surface area contributed by atoms with Crippen LogP contribution < -0.4 is 0 Å². The molecule has 0 atom stereocenters. The van der Waals surface area contributed by atoms with Gasteiger partial charge in [-0.2, -0.15) is 0 Å². The molecule has 0 aromatic carbocycles. The van der Waals surface area contributed by atoms with Crippen LogP contribution in [-0.2, 0) is 0 Å². The molecule has 2 rings (SSSR count). The summed E-state index contributed by atoms with van der Waals surface area (Å²) in [5.74, 6) is 1.56. The SMILES string of the molecule is CC(C)C12CCC=CC1C=CCC2. The fourth-order valence-electron chi connectivity index (χ4n) is 3.06. The lowest BCUT2D eigenvalue weighted by Crippen LogP contribution is -2.37. The zero-order valence-electron chi connectivity index (χ0n) is 8.79. The highest BCUT2D eigenvalue weighted by Crippen LogP contribution is 2.50. The minimum atomic E-state index is 0.601. The molecule has 2 aliphatic carbocycles. The molecule has 0 aromatic rings. The summed E-state index contributed by atoms with van der Waals surface area (Å²) in [5.41, 5.74) is 0.601. The van der Waals surface area contributed by atoms with Crippen LogP contribution >= 0.6 is 0 Å². The van der Waals surface area contributed by atoms with Crippen molar-refractivity contribution in [1.82, 2.24) is 0 Å². The maximum Gasteiger partial charge on any atom is 0.000570 e. The van der Waals surface area contributed by atoms with E-state index in [9.17, 15) is 0 Å². The number of allylic oxidation sites excluding steroid dienone is 4. The van der Waals surface area contributed by atoms with Crippen molar-refractivity contribution in [2.45, 2.75) is 39.5 Å². The van der Waals surface area contributed by atoms with Crippen LogP contribution in [0.4, 0.5) is 0 Å². The third-order valence-electron chi connectivity index (χ3n) is 4.05. The first kappa shape index (κ1) is 9.05. The third kappa shape index (κ3) is 1.37. The second kappa shape index (κ2) is 3.32. The molecule has 0 aromatic heterocycles. The molecule has 0 bridgehead atoms. The zero-order chi connectivity index (χ0) is 9.31. The lowest BCUT2D eigenvalue weighted by atomic mass is 9.59. The van der Waals surface area contributed by atoms with Crippen molar-refractivity contribution in [2.75, 3.05) is 0 Å². The molecule has 0 heteroatoms. The number of hydrogen-bond acceptors (Lipinski definition) is 0. The summed E-state index contributed by atoms with van der Waals surface area (Å²) >= 11 is 0. The molecule has 13 heavy (non-hydrogen) atoms. The van der Waals surface area contributed by atoms with Crippen LogP contribution in [0.15, 0.2) is 24.3 Å². The van der Waals surface area contributed by atoms with Crippen LogP contribution in [0.25, 0.3) is 0 Å². The molecular formula is C13H20. The van der Waals surface area contributed by atoms with Crippen LogP contribution in [0.2, 0.25) is 0 Å². The lowest BCUT2D eigenvalue weighted by Gasteiger charge is -2.46. The first-order valence-corrected chi connectivity index (χ1v) is 5.59. The Morgan fingerprint density at radius 1 is 1.08 bits per heavy atom. The second-order valence-corrected chi connectivity index (χ2v) is 4.85. The molecule has 0 saturated heterocycles. The van der Waals surface area contributed by atoms with E-state index >= 15 is 0 Å². The highest BCUT2D eigenvalue weighted by Gasteiger charge is 2.40. The summed E-state index contributed by atoms with van der Waals surface area (Å²) in [4.78, 5) is 0. The Morgan fingerprint density at radius 3 is 2.00 bits per heavy atom. The van der Waals surface area contributed by atoms with Crippen LogP contribution in [0, 0.1) is 17.3 Å².